The first-order valence-corrected chi connectivity index (χ1v) is 4.72. The van der Waals surface area contributed by atoms with E-state index in [1.807, 2.05) is 4.98 Å². The van der Waals surface area contributed by atoms with Crippen LogP contribution in [0.5, 0.6) is 11.6 Å². The minimum Gasteiger partial charge on any atom is -0.433 e. The molecule has 0 aliphatic carbocycles. The zero-order valence-corrected chi connectivity index (χ0v) is 8.78. The summed E-state index contributed by atoms with van der Waals surface area (Å²) in [6.07, 6.45) is 0.933. The van der Waals surface area contributed by atoms with E-state index in [1.165, 1.54) is 6.07 Å². The molecule has 5 nitrogen and oxygen atoms in total. The third kappa shape index (κ3) is 2.17. The number of aromatic nitrogens is 2. The second kappa shape index (κ2) is 4.63. The molecule has 0 bridgehead atoms. The first-order valence-electron chi connectivity index (χ1n) is 4.72. The molecule has 0 aliphatic heterocycles. The van der Waals surface area contributed by atoms with Crippen LogP contribution in [0.25, 0.3) is 0 Å². The third-order valence-corrected chi connectivity index (χ3v) is 2.03. The van der Waals surface area contributed by atoms with Gasteiger partial charge >= 0.3 is 0 Å². The highest BCUT2D eigenvalue weighted by atomic mass is 19.1. The van der Waals surface area contributed by atoms with E-state index in [0.29, 0.717) is 0 Å². The fourth-order valence-corrected chi connectivity index (χ4v) is 1.20. The average molecular weight is 249 g/mol. The summed E-state index contributed by atoms with van der Waals surface area (Å²) in [6.45, 7) is 0. The van der Waals surface area contributed by atoms with E-state index in [1.54, 1.807) is 6.07 Å². The van der Waals surface area contributed by atoms with E-state index >= 15 is 0 Å². The molecule has 1 heterocycles. The zero-order chi connectivity index (χ0) is 13.1. The second-order valence-electron chi connectivity index (χ2n) is 3.21. The van der Waals surface area contributed by atoms with Gasteiger partial charge in [-0.2, -0.15) is 9.65 Å². The third-order valence-electron chi connectivity index (χ3n) is 2.03. The van der Waals surface area contributed by atoms with Gasteiger partial charge < -0.3 is 9.72 Å². The topological polar surface area (TPSA) is 78.8 Å². The summed E-state index contributed by atoms with van der Waals surface area (Å²) in [5.74, 6) is -3.06. The van der Waals surface area contributed by atoms with E-state index in [9.17, 15) is 13.6 Å². The predicted molar refractivity (Wildman–Crippen MR) is 56.0 cm³/mol. The van der Waals surface area contributed by atoms with Gasteiger partial charge in [0.15, 0.2) is 11.6 Å². The second-order valence-corrected chi connectivity index (χ2v) is 3.21. The van der Waals surface area contributed by atoms with Crippen molar-refractivity contribution in [2.75, 3.05) is 0 Å². The molecule has 1 N–H and O–H groups in total. The van der Waals surface area contributed by atoms with Crippen LogP contribution in [0, 0.1) is 23.0 Å². The molecule has 2 aromatic rings. The summed E-state index contributed by atoms with van der Waals surface area (Å²) in [6, 6.07) is 5.11. The van der Waals surface area contributed by atoms with Gasteiger partial charge in [0.2, 0.25) is 5.82 Å². The Kier molecular flexibility index (Phi) is 3.02. The number of nitriles is 1. The van der Waals surface area contributed by atoms with Crippen molar-refractivity contribution in [1.29, 1.82) is 5.26 Å². The molecule has 0 radical (unpaired) electrons. The van der Waals surface area contributed by atoms with Crippen LogP contribution < -0.4 is 10.3 Å². The van der Waals surface area contributed by atoms with E-state index in [0.717, 1.165) is 18.5 Å². The van der Waals surface area contributed by atoms with Crippen LogP contribution in [0.2, 0.25) is 0 Å². The molecule has 1 aromatic heterocycles. The van der Waals surface area contributed by atoms with E-state index < -0.39 is 23.1 Å². The maximum atomic E-state index is 13.4. The summed E-state index contributed by atoms with van der Waals surface area (Å²) in [4.78, 5) is 16.4. The van der Waals surface area contributed by atoms with Gasteiger partial charge in [0.1, 0.15) is 0 Å². The Morgan fingerprint density at radius 1 is 1.39 bits per heavy atom. The molecule has 90 valence electrons. The van der Waals surface area contributed by atoms with Crippen LogP contribution in [-0.2, 0) is 0 Å². The number of H-pyrrole nitrogens is 1. The van der Waals surface area contributed by atoms with E-state index in [2.05, 4.69) is 4.98 Å². The van der Waals surface area contributed by atoms with Gasteiger partial charge in [-0.05, 0) is 18.2 Å². The summed E-state index contributed by atoms with van der Waals surface area (Å²) < 4.78 is 31.5. The summed E-state index contributed by atoms with van der Waals surface area (Å²) in [7, 11) is 0. The number of benzene rings is 1. The number of nitrogens with one attached hydrogen (secondary N) is 1. The number of halogens is 2. The van der Waals surface area contributed by atoms with Crippen molar-refractivity contribution in [3.8, 4) is 17.7 Å². The van der Waals surface area contributed by atoms with Gasteiger partial charge in [-0.3, -0.25) is 4.79 Å². The molecular formula is C11H5F2N3O2. The smallest absolute Gasteiger partial charge is 0.290 e. The molecule has 1 aromatic carbocycles. The highest BCUT2D eigenvalue weighted by Gasteiger charge is 2.13. The maximum absolute atomic E-state index is 13.4. The molecule has 18 heavy (non-hydrogen) atoms. The lowest BCUT2D eigenvalue weighted by Gasteiger charge is -2.05. The van der Waals surface area contributed by atoms with E-state index in [-0.39, 0.29) is 11.3 Å². The Bertz CT molecular complexity index is 691. The minimum atomic E-state index is -1.25. The maximum Gasteiger partial charge on any atom is 0.290 e. The minimum absolute atomic E-state index is 0.0965. The lowest BCUT2D eigenvalue weighted by molar-refractivity contribution is 0.393. The molecule has 0 saturated carbocycles. The number of ether oxygens (including phenoxy) is 1. The largest absolute Gasteiger partial charge is 0.433 e. The standard InChI is InChI=1S/C11H5F2N3O2/c12-7-3-6(4-14)1-2-8(7)18-11-9(13)10(17)15-5-16-11/h1-3,5H,(H,15,16,17). The molecule has 0 aliphatic rings. The Labute approximate surface area is 99.3 Å². The Morgan fingerprint density at radius 2 is 2.17 bits per heavy atom. The Morgan fingerprint density at radius 3 is 2.83 bits per heavy atom. The summed E-state index contributed by atoms with van der Waals surface area (Å²) in [5.41, 5.74) is -0.923. The SMILES string of the molecule is N#Cc1ccc(Oc2nc[nH]c(=O)c2F)c(F)c1. The number of nitrogens with zero attached hydrogens (tertiary/aromatic N) is 2. The van der Waals surface area contributed by atoms with Gasteiger partial charge in [0.05, 0.1) is 18.0 Å². The first kappa shape index (κ1) is 11.7. The highest BCUT2D eigenvalue weighted by molar-refractivity contribution is 5.37. The monoisotopic (exact) mass is 249 g/mol. The molecular weight excluding hydrogens is 244 g/mol. The first-order chi connectivity index (χ1) is 8.61. The van der Waals surface area contributed by atoms with Gasteiger partial charge in [0, 0.05) is 0 Å². The van der Waals surface area contributed by atoms with Crippen molar-refractivity contribution in [2.45, 2.75) is 0 Å². The van der Waals surface area contributed by atoms with Crippen molar-refractivity contribution in [1.82, 2.24) is 9.97 Å². The van der Waals surface area contributed by atoms with Crippen LogP contribution in [0.4, 0.5) is 8.78 Å². The molecule has 0 unspecified atom stereocenters. The van der Waals surface area contributed by atoms with Gasteiger partial charge in [-0.1, -0.05) is 0 Å². The lowest BCUT2D eigenvalue weighted by atomic mass is 10.2. The van der Waals surface area contributed by atoms with Crippen molar-refractivity contribution in [3.63, 3.8) is 0 Å². The van der Waals surface area contributed by atoms with Crippen molar-refractivity contribution >= 4 is 0 Å². The molecule has 0 amide bonds. The molecule has 0 fully saturated rings. The average Bonchev–Trinajstić information content (AvgIpc) is 2.37. The molecule has 2 rings (SSSR count). The van der Waals surface area contributed by atoms with Crippen molar-refractivity contribution in [3.05, 3.63) is 52.1 Å². The van der Waals surface area contributed by atoms with Crippen molar-refractivity contribution < 1.29 is 13.5 Å². The van der Waals surface area contributed by atoms with Crippen LogP contribution in [0.1, 0.15) is 5.56 Å². The molecule has 0 spiro atoms. The van der Waals surface area contributed by atoms with Gasteiger partial charge in [-0.25, -0.2) is 9.37 Å². The number of hydrogen-bond acceptors (Lipinski definition) is 4. The normalized spacial score (nSPS) is 9.83. The number of rotatable bonds is 2. The predicted octanol–water partition coefficient (Wildman–Crippen LogP) is 1.71. The summed E-state index contributed by atoms with van der Waals surface area (Å²) in [5, 5.41) is 8.55. The summed E-state index contributed by atoms with van der Waals surface area (Å²) >= 11 is 0. The van der Waals surface area contributed by atoms with Gasteiger partial charge in [0.25, 0.3) is 11.4 Å². The lowest BCUT2D eigenvalue weighted by Crippen LogP contribution is -2.12. The molecule has 0 atom stereocenters. The quantitative estimate of drug-likeness (QED) is 0.878. The Hall–Kier alpha value is -2.75. The zero-order valence-electron chi connectivity index (χ0n) is 8.78. The van der Waals surface area contributed by atoms with Gasteiger partial charge in [-0.15, -0.1) is 0 Å². The van der Waals surface area contributed by atoms with Crippen LogP contribution in [0.3, 0.4) is 0 Å². The van der Waals surface area contributed by atoms with Crippen molar-refractivity contribution in [2.24, 2.45) is 0 Å². The molecule has 7 heteroatoms. The van der Waals surface area contributed by atoms with E-state index in [4.69, 9.17) is 10.00 Å². The van der Waals surface area contributed by atoms with Crippen LogP contribution in [-0.4, -0.2) is 9.97 Å². The van der Waals surface area contributed by atoms with Crippen LogP contribution >= 0.6 is 0 Å². The number of aromatic amines is 1. The van der Waals surface area contributed by atoms with Crippen LogP contribution in [0.15, 0.2) is 29.3 Å². The Balaban J connectivity index is 2.38. The fourth-order valence-electron chi connectivity index (χ4n) is 1.20. The number of hydrogen-bond donors (Lipinski definition) is 1. The highest BCUT2D eigenvalue weighted by Crippen LogP contribution is 2.23. The molecule has 0 saturated heterocycles. The fraction of sp³-hybridized carbons (Fsp3) is 0.